The molecule has 0 aliphatic heterocycles. The van der Waals surface area contributed by atoms with E-state index in [2.05, 4.69) is 10.6 Å². The topological polar surface area (TPSA) is 54.3 Å². The van der Waals surface area contributed by atoms with Gasteiger partial charge in [-0.1, -0.05) is 29.3 Å². The summed E-state index contributed by atoms with van der Waals surface area (Å²) < 4.78 is 5.16. The van der Waals surface area contributed by atoms with Crippen molar-refractivity contribution < 1.29 is 9.21 Å². The first-order valence-corrected chi connectivity index (χ1v) is 7.34. The second-order valence-corrected chi connectivity index (χ2v) is 5.36. The first-order valence-electron chi connectivity index (χ1n) is 6.59. The quantitative estimate of drug-likeness (QED) is 0.822. The monoisotopic (exact) mass is 326 g/mol. The van der Waals surface area contributed by atoms with Crippen molar-refractivity contribution in [2.24, 2.45) is 0 Å². The molecule has 1 amide bonds. The number of benzene rings is 1. The third-order valence-corrected chi connectivity index (χ3v) is 3.48. The first-order chi connectivity index (χ1) is 10.1. The number of carbonyl (C=O) groups excluding carboxylic acids is 1. The molecule has 0 saturated heterocycles. The average molecular weight is 327 g/mol. The lowest BCUT2D eigenvalue weighted by molar-refractivity contribution is -0.120. The lowest BCUT2D eigenvalue weighted by Gasteiger charge is -2.07. The highest BCUT2D eigenvalue weighted by molar-refractivity contribution is 6.35. The number of carbonyl (C=O) groups is 1. The molecule has 1 heterocycles. The smallest absolute Gasteiger partial charge is 0.233 e. The number of halogens is 2. The molecule has 0 aliphatic rings. The van der Waals surface area contributed by atoms with Gasteiger partial charge in [-0.05, 0) is 36.2 Å². The standard InChI is InChI=1S/C15H16Cl2N2O2/c16-12-4-3-11(14(17)8-12)5-6-19-15(20)10-18-9-13-2-1-7-21-13/h1-4,7-8,18H,5-6,9-10H2,(H,19,20). The zero-order chi connectivity index (χ0) is 15.1. The maximum Gasteiger partial charge on any atom is 0.233 e. The van der Waals surface area contributed by atoms with Crippen molar-refractivity contribution in [2.45, 2.75) is 13.0 Å². The highest BCUT2D eigenvalue weighted by atomic mass is 35.5. The van der Waals surface area contributed by atoms with E-state index in [0.29, 0.717) is 29.6 Å². The molecule has 1 aromatic carbocycles. The third-order valence-electron chi connectivity index (χ3n) is 2.90. The zero-order valence-corrected chi connectivity index (χ0v) is 12.9. The molecule has 0 bridgehead atoms. The van der Waals surface area contributed by atoms with Crippen LogP contribution < -0.4 is 10.6 Å². The summed E-state index contributed by atoms with van der Waals surface area (Å²) in [5.74, 6) is 0.738. The van der Waals surface area contributed by atoms with Gasteiger partial charge in [0.05, 0.1) is 19.4 Å². The van der Waals surface area contributed by atoms with E-state index in [4.69, 9.17) is 27.6 Å². The molecular weight excluding hydrogens is 311 g/mol. The molecule has 4 nitrogen and oxygen atoms in total. The maximum absolute atomic E-state index is 11.6. The molecule has 0 fully saturated rings. The van der Waals surface area contributed by atoms with Gasteiger partial charge in [0.1, 0.15) is 5.76 Å². The molecule has 2 aromatic rings. The van der Waals surface area contributed by atoms with Crippen molar-refractivity contribution in [1.29, 1.82) is 0 Å². The lowest BCUT2D eigenvalue weighted by Crippen LogP contribution is -2.34. The van der Waals surface area contributed by atoms with Crippen molar-refractivity contribution in [3.05, 3.63) is 58.0 Å². The summed E-state index contributed by atoms with van der Waals surface area (Å²) in [7, 11) is 0. The van der Waals surface area contributed by atoms with Crippen LogP contribution in [0, 0.1) is 0 Å². The molecule has 0 spiro atoms. The van der Waals surface area contributed by atoms with Crippen LogP contribution in [0.25, 0.3) is 0 Å². The van der Waals surface area contributed by atoms with Gasteiger partial charge < -0.3 is 15.1 Å². The van der Waals surface area contributed by atoms with E-state index >= 15 is 0 Å². The van der Waals surface area contributed by atoms with Gasteiger partial charge >= 0.3 is 0 Å². The molecule has 0 radical (unpaired) electrons. The molecule has 2 rings (SSSR count). The van der Waals surface area contributed by atoms with Crippen LogP contribution in [0.2, 0.25) is 10.0 Å². The second-order valence-electron chi connectivity index (χ2n) is 4.52. The average Bonchev–Trinajstić information content (AvgIpc) is 2.94. The summed E-state index contributed by atoms with van der Waals surface area (Å²) in [6, 6.07) is 9.02. The largest absolute Gasteiger partial charge is 0.468 e. The maximum atomic E-state index is 11.6. The van der Waals surface area contributed by atoms with Gasteiger partial charge in [-0.2, -0.15) is 0 Å². The number of rotatable bonds is 7. The Bertz CT molecular complexity index is 585. The summed E-state index contributed by atoms with van der Waals surface area (Å²) in [6.45, 7) is 1.31. The van der Waals surface area contributed by atoms with Crippen molar-refractivity contribution in [2.75, 3.05) is 13.1 Å². The van der Waals surface area contributed by atoms with Crippen LogP contribution in [0.3, 0.4) is 0 Å². The highest BCUT2D eigenvalue weighted by Crippen LogP contribution is 2.20. The molecule has 1 aromatic heterocycles. The SMILES string of the molecule is O=C(CNCc1ccco1)NCCc1ccc(Cl)cc1Cl. The fourth-order valence-corrected chi connectivity index (χ4v) is 2.34. The van der Waals surface area contributed by atoms with Gasteiger partial charge in [0.15, 0.2) is 0 Å². The van der Waals surface area contributed by atoms with E-state index in [1.54, 1.807) is 18.4 Å². The molecule has 0 unspecified atom stereocenters. The Kier molecular flexibility index (Phi) is 6.11. The molecule has 21 heavy (non-hydrogen) atoms. The molecule has 0 saturated carbocycles. The van der Waals surface area contributed by atoms with E-state index in [0.717, 1.165) is 11.3 Å². The summed E-state index contributed by atoms with van der Waals surface area (Å²) in [4.78, 5) is 11.6. The molecule has 112 valence electrons. The van der Waals surface area contributed by atoms with E-state index in [1.807, 2.05) is 18.2 Å². The Hall–Kier alpha value is -1.49. The summed E-state index contributed by atoms with van der Waals surface area (Å²) in [6.07, 6.45) is 2.27. The normalized spacial score (nSPS) is 10.6. The van der Waals surface area contributed by atoms with Crippen molar-refractivity contribution in [3.8, 4) is 0 Å². The van der Waals surface area contributed by atoms with E-state index in [1.165, 1.54) is 0 Å². The summed E-state index contributed by atoms with van der Waals surface area (Å²) >= 11 is 11.9. The fourth-order valence-electron chi connectivity index (χ4n) is 1.84. The summed E-state index contributed by atoms with van der Waals surface area (Å²) in [5.41, 5.74) is 0.963. The van der Waals surface area contributed by atoms with E-state index < -0.39 is 0 Å². The second kappa shape index (κ2) is 8.08. The van der Waals surface area contributed by atoms with Gasteiger partial charge in [-0.25, -0.2) is 0 Å². The van der Waals surface area contributed by atoms with Crippen molar-refractivity contribution in [3.63, 3.8) is 0 Å². The number of nitrogens with one attached hydrogen (secondary N) is 2. The van der Waals surface area contributed by atoms with E-state index in [-0.39, 0.29) is 12.5 Å². The molecule has 2 N–H and O–H groups in total. The first kappa shape index (κ1) is 15.9. The van der Waals surface area contributed by atoms with Gasteiger partial charge in [0, 0.05) is 16.6 Å². The fraction of sp³-hybridized carbons (Fsp3) is 0.267. The third kappa shape index (κ3) is 5.42. The predicted octanol–water partition coefficient (Wildman–Crippen LogP) is 3.03. The van der Waals surface area contributed by atoms with Crippen LogP contribution in [0.4, 0.5) is 0 Å². The molecule has 0 aliphatic carbocycles. The van der Waals surface area contributed by atoms with Gasteiger partial charge in [-0.15, -0.1) is 0 Å². The van der Waals surface area contributed by atoms with E-state index in [9.17, 15) is 4.79 Å². The number of hydrogen-bond acceptors (Lipinski definition) is 3. The summed E-state index contributed by atoms with van der Waals surface area (Å²) in [5, 5.41) is 7.06. The van der Waals surface area contributed by atoms with Crippen LogP contribution in [0.5, 0.6) is 0 Å². The van der Waals surface area contributed by atoms with Crippen LogP contribution in [-0.2, 0) is 17.8 Å². The van der Waals surface area contributed by atoms with Crippen LogP contribution >= 0.6 is 23.2 Å². The predicted molar refractivity (Wildman–Crippen MR) is 83.6 cm³/mol. The Morgan fingerprint density at radius 1 is 1.24 bits per heavy atom. The lowest BCUT2D eigenvalue weighted by atomic mass is 10.1. The Labute approximate surface area is 133 Å². The van der Waals surface area contributed by atoms with Crippen LogP contribution in [0.1, 0.15) is 11.3 Å². The van der Waals surface area contributed by atoms with Gasteiger partial charge in [0.2, 0.25) is 5.91 Å². The Balaban J connectivity index is 1.64. The molecule has 6 heteroatoms. The zero-order valence-electron chi connectivity index (χ0n) is 11.4. The number of amides is 1. The van der Waals surface area contributed by atoms with Gasteiger partial charge in [-0.3, -0.25) is 4.79 Å². The van der Waals surface area contributed by atoms with Crippen molar-refractivity contribution in [1.82, 2.24) is 10.6 Å². The number of hydrogen-bond donors (Lipinski definition) is 2. The van der Waals surface area contributed by atoms with Gasteiger partial charge in [0.25, 0.3) is 0 Å². The minimum absolute atomic E-state index is 0.0633. The van der Waals surface area contributed by atoms with Crippen LogP contribution in [0.15, 0.2) is 41.0 Å². The highest BCUT2D eigenvalue weighted by Gasteiger charge is 2.04. The Morgan fingerprint density at radius 2 is 2.10 bits per heavy atom. The minimum atomic E-state index is -0.0633. The molecular formula is C15H16Cl2N2O2. The minimum Gasteiger partial charge on any atom is -0.468 e. The molecule has 0 atom stereocenters. The Morgan fingerprint density at radius 3 is 2.81 bits per heavy atom. The van der Waals surface area contributed by atoms with Crippen LogP contribution in [-0.4, -0.2) is 19.0 Å². The number of furan rings is 1. The van der Waals surface area contributed by atoms with Crippen molar-refractivity contribution >= 4 is 29.1 Å².